The molecule has 9 nitrogen and oxygen atoms in total. The maximum Gasteiger partial charge on any atom is 0.332 e. The van der Waals surface area contributed by atoms with Crippen LogP contribution in [0, 0.1) is 0 Å². The molecule has 142 valence electrons. The first-order valence-electron chi connectivity index (χ1n) is 8.32. The number of rotatable bonds is 6. The van der Waals surface area contributed by atoms with E-state index in [2.05, 4.69) is 4.98 Å². The summed E-state index contributed by atoms with van der Waals surface area (Å²) in [6, 6.07) is 6.68. The van der Waals surface area contributed by atoms with Crippen molar-refractivity contribution in [2.45, 2.75) is 19.6 Å². The smallest absolute Gasteiger partial charge is 0.332 e. The van der Waals surface area contributed by atoms with Crippen molar-refractivity contribution in [1.29, 1.82) is 0 Å². The standard InChI is InChI=1S/C18H20N4O5/c1-11(23)12-5-4-6-14(7-12)27-9-13(24)8-22-10-19-16-15(22)17(25)21(3)18(26)20(16)2/h4-7,10,13,24H,8-9H2,1-3H3. The third-order valence-electron chi connectivity index (χ3n) is 4.31. The molecule has 0 amide bonds. The van der Waals surface area contributed by atoms with Gasteiger partial charge in [-0.25, -0.2) is 9.78 Å². The van der Waals surface area contributed by atoms with Crippen molar-refractivity contribution in [3.63, 3.8) is 0 Å². The minimum absolute atomic E-state index is 0.0346. The quantitative estimate of drug-likeness (QED) is 0.614. The van der Waals surface area contributed by atoms with Crippen LogP contribution < -0.4 is 16.0 Å². The van der Waals surface area contributed by atoms with E-state index in [1.54, 1.807) is 24.3 Å². The minimum atomic E-state index is -0.926. The molecule has 0 bridgehead atoms. The second-order valence-electron chi connectivity index (χ2n) is 6.32. The Labute approximate surface area is 154 Å². The SMILES string of the molecule is CC(=O)c1cccc(OCC(O)Cn2cnc3c2c(=O)n(C)c(=O)n3C)c1. The lowest BCUT2D eigenvalue weighted by atomic mass is 10.1. The van der Waals surface area contributed by atoms with Crippen LogP contribution in [0.2, 0.25) is 0 Å². The Morgan fingerprint density at radius 2 is 2.00 bits per heavy atom. The molecular weight excluding hydrogens is 352 g/mol. The zero-order chi connectivity index (χ0) is 19.7. The number of hydrogen-bond donors (Lipinski definition) is 1. The maximum absolute atomic E-state index is 12.4. The molecule has 0 aliphatic carbocycles. The number of aryl methyl sites for hydroxylation is 1. The number of ketones is 1. The summed E-state index contributed by atoms with van der Waals surface area (Å²) in [5, 5.41) is 10.3. The van der Waals surface area contributed by atoms with E-state index >= 15 is 0 Å². The maximum atomic E-state index is 12.4. The van der Waals surface area contributed by atoms with Crippen LogP contribution in [0.5, 0.6) is 5.75 Å². The van der Waals surface area contributed by atoms with Gasteiger partial charge in [0.15, 0.2) is 16.9 Å². The number of fused-ring (bicyclic) bond motifs is 1. The highest BCUT2D eigenvalue weighted by molar-refractivity contribution is 5.94. The zero-order valence-electron chi connectivity index (χ0n) is 15.2. The second kappa shape index (κ2) is 7.20. The molecule has 1 N–H and O–H groups in total. The van der Waals surface area contributed by atoms with E-state index in [0.717, 1.165) is 4.57 Å². The molecule has 1 unspecified atom stereocenters. The Morgan fingerprint density at radius 1 is 1.26 bits per heavy atom. The molecule has 2 aromatic heterocycles. The number of ether oxygens (including phenoxy) is 1. The minimum Gasteiger partial charge on any atom is -0.491 e. The van der Waals surface area contributed by atoms with Crippen molar-refractivity contribution in [3.05, 3.63) is 57.0 Å². The molecule has 0 saturated carbocycles. The number of carbonyl (C=O) groups excluding carboxylic acids is 1. The van der Waals surface area contributed by atoms with Gasteiger partial charge < -0.3 is 14.4 Å². The Bertz CT molecular complexity index is 1120. The van der Waals surface area contributed by atoms with Gasteiger partial charge >= 0.3 is 5.69 Å². The molecule has 1 atom stereocenters. The van der Waals surface area contributed by atoms with Crippen molar-refractivity contribution in [2.75, 3.05) is 6.61 Å². The van der Waals surface area contributed by atoms with Crippen molar-refractivity contribution in [1.82, 2.24) is 18.7 Å². The van der Waals surface area contributed by atoms with Crippen LogP contribution in [-0.4, -0.2) is 42.3 Å². The van der Waals surface area contributed by atoms with E-state index in [-0.39, 0.29) is 30.1 Å². The summed E-state index contributed by atoms with van der Waals surface area (Å²) in [5.74, 6) is 0.392. The van der Waals surface area contributed by atoms with Gasteiger partial charge in [0.25, 0.3) is 5.56 Å². The third-order valence-corrected chi connectivity index (χ3v) is 4.31. The van der Waals surface area contributed by atoms with Gasteiger partial charge in [0.1, 0.15) is 18.5 Å². The Hall–Kier alpha value is -3.20. The van der Waals surface area contributed by atoms with Crippen molar-refractivity contribution in [2.24, 2.45) is 14.1 Å². The summed E-state index contributed by atoms with van der Waals surface area (Å²) in [5.41, 5.74) is 0.0643. The summed E-state index contributed by atoms with van der Waals surface area (Å²) in [6.45, 7) is 1.50. The first-order valence-corrected chi connectivity index (χ1v) is 8.32. The highest BCUT2D eigenvalue weighted by Gasteiger charge is 2.16. The molecule has 0 radical (unpaired) electrons. The van der Waals surface area contributed by atoms with Gasteiger partial charge in [0.2, 0.25) is 0 Å². The van der Waals surface area contributed by atoms with Gasteiger partial charge in [0, 0.05) is 19.7 Å². The molecule has 3 rings (SSSR count). The van der Waals surface area contributed by atoms with Crippen LogP contribution in [0.4, 0.5) is 0 Å². The molecule has 2 heterocycles. The lowest BCUT2D eigenvalue weighted by molar-refractivity contribution is 0.0931. The number of aromatic nitrogens is 4. The van der Waals surface area contributed by atoms with Crippen molar-refractivity contribution in [3.8, 4) is 5.75 Å². The van der Waals surface area contributed by atoms with Crippen LogP contribution in [0.15, 0.2) is 40.2 Å². The number of aliphatic hydroxyl groups excluding tert-OH is 1. The number of aliphatic hydroxyl groups is 1. The number of Topliss-reactive ketones (excluding diaryl/α,β-unsaturated/α-hetero) is 1. The van der Waals surface area contributed by atoms with E-state index in [1.807, 2.05) is 0 Å². The van der Waals surface area contributed by atoms with Crippen molar-refractivity contribution >= 4 is 16.9 Å². The molecule has 0 spiro atoms. The van der Waals surface area contributed by atoms with Crippen LogP contribution in [-0.2, 0) is 20.6 Å². The van der Waals surface area contributed by atoms with E-state index in [4.69, 9.17) is 4.74 Å². The number of imidazole rings is 1. The topological polar surface area (TPSA) is 108 Å². The molecule has 3 aromatic rings. The number of carbonyl (C=O) groups is 1. The first kappa shape index (κ1) is 18.6. The molecule has 0 aliphatic heterocycles. The van der Waals surface area contributed by atoms with E-state index in [0.29, 0.717) is 11.3 Å². The Morgan fingerprint density at radius 3 is 2.70 bits per heavy atom. The fourth-order valence-corrected chi connectivity index (χ4v) is 2.81. The number of benzene rings is 1. The van der Waals surface area contributed by atoms with Gasteiger partial charge in [-0.2, -0.15) is 0 Å². The van der Waals surface area contributed by atoms with Gasteiger partial charge in [0.05, 0.1) is 12.9 Å². The molecule has 1 aromatic carbocycles. The fraction of sp³-hybridized carbons (Fsp3) is 0.333. The summed E-state index contributed by atoms with van der Waals surface area (Å²) in [7, 11) is 2.92. The molecule has 9 heteroatoms. The first-order chi connectivity index (χ1) is 12.8. The normalized spacial score (nSPS) is 12.3. The lowest BCUT2D eigenvalue weighted by Crippen LogP contribution is -2.38. The van der Waals surface area contributed by atoms with Crippen LogP contribution >= 0.6 is 0 Å². The summed E-state index contributed by atoms with van der Waals surface area (Å²) >= 11 is 0. The summed E-state index contributed by atoms with van der Waals surface area (Å²) < 4.78 is 9.32. The molecular formula is C18H20N4O5. The predicted molar refractivity (Wildman–Crippen MR) is 98.2 cm³/mol. The highest BCUT2D eigenvalue weighted by atomic mass is 16.5. The van der Waals surface area contributed by atoms with Crippen LogP contribution in [0.1, 0.15) is 17.3 Å². The molecule has 27 heavy (non-hydrogen) atoms. The largest absolute Gasteiger partial charge is 0.491 e. The molecule has 0 aliphatic rings. The Balaban J connectivity index is 1.78. The van der Waals surface area contributed by atoms with Crippen LogP contribution in [0.3, 0.4) is 0 Å². The number of nitrogens with zero attached hydrogens (tertiary/aromatic N) is 4. The lowest BCUT2D eigenvalue weighted by Gasteiger charge is -2.14. The predicted octanol–water partition coefficient (Wildman–Crippen LogP) is 0.0762. The zero-order valence-corrected chi connectivity index (χ0v) is 15.2. The number of hydrogen-bond acceptors (Lipinski definition) is 6. The van der Waals surface area contributed by atoms with Crippen molar-refractivity contribution < 1.29 is 14.6 Å². The van der Waals surface area contributed by atoms with Gasteiger partial charge in [-0.15, -0.1) is 0 Å². The summed E-state index contributed by atoms with van der Waals surface area (Å²) in [6.07, 6.45) is 0.482. The molecule has 0 saturated heterocycles. The van der Waals surface area contributed by atoms with E-state index < -0.39 is 17.4 Å². The van der Waals surface area contributed by atoms with Crippen LogP contribution in [0.25, 0.3) is 11.2 Å². The van der Waals surface area contributed by atoms with Gasteiger partial charge in [-0.05, 0) is 19.1 Å². The van der Waals surface area contributed by atoms with E-state index in [1.165, 1.54) is 36.5 Å². The van der Waals surface area contributed by atoms with Gasteiger partial charge in [-0.3, -0.25) is 18.7 Å². The van der Waals surface area contributed by atoms with E-state index in [9.17, 15) is 19.5 Å². The van der Waals surface area contributed by atoms with Gasteiger partial charge in [-0.1, -0.05) is 12.1 Å². The molecule has 0 fully saturated rings. The Kier molecular flexibility index (Phi) is 4.95. The average molecular weight is 372 g/mol. The average Bonchev–Trinajstić information content (AvgIpc) is 3.06. The second-order valence-corrected chi connectivity index (χ2v) is 6.32. The monoisotopic (exact) mass is 372 g/mol. The highest BCUT2D eigenvalue weighted by Crippen LogP contribution is 2.14. The third kappa shape index (κ3) is 3.54. The summed E-state index contributed by atoms with van der Waals surface area (Å²) in [4.78, 5) is 39.9. The fourth-order valence-electron chi connectivity index (χ4n) is 2.81.